The fraction of sp³-hybridized carbons (Fsp3) is 0.133. The first kappa shape index (κ1) is 12.3. The molecule has 0 spiro atoms. The van der Waals surface area contributed by atoms with E-state index in [0.717, 1.165) is 22.4 Å². The lowest BCUT2D eigenvalue weighted by Crippen LogP contribution is -2.10. The molecule has 2 aromatic heterocycles. The maximum Gasteiger partial charge on any atom is 0.137 e. The molecule has 0 saturated heterocycles. The van der Waals surface area contributed by atoms with E-state index in [4.69, 9.17) is 5.73 Å². The quantitative estimate of drug-likeness (QED) is 0.712. The summed E-state index contributed by atoms with van der Waals surface area (Å²) in [6, 6.07) is 11.5. The second kappa shape index (κ2) is 5.13. The molecule has 5 heteroatoms. The highest BCUT2D eigenvalue weighted by Gasteiger charge is 2.10. The van der Waals surface area contributed by atoms with Crippen LogP contribution in [0.1, 0.15) is 18.7 Å². The summed E-state index contributed by atoms with van der Waals surface area (Å²) in [7, 11) is 0. The van der Waals surface area contributed by atoms with Crippen LogP contribution in [0.5, 0.6) is 0 Å². The predicted molar refractivity (Wildman–Crippen MR) is 80.2 cm³/mol. The molecule has 0 bridgehead atoms. The third-order valence-corrected chi connectivity index (χ3v) is 3.14. The van der Waals surface area contributed by atoms with Crippen molar-refractivity contribution >= 4 is 22.4 Å². The number of anilines is 2. The number of benzene rings is 1. The SMILES string of the molecule is CC(Nc1ncnc2ccc(N)cc12)c1ccccn1. The zero-order valence-electron chi connectivity index (χ0n) is 11.1. The largest absolute Gasteiger partial charge is 0.399 e. The standard InChI is InChI=1S/C15H15N5/c1-10(13-4-2-3-7-17-13)20-15-12-8-11(16)5-6-14(12)18-9-19-15/h2-10H,16H2,1H3,(H,18,19,20). The summed E-state index contributed by atoms with van der Waals surface area (Å²) in [4.78, 5) is 12.9. The number of aromatic nitrogens is 3. The molecule has 3 aromatic rings. The lowest BCUT2D eigenvalue weighted by atomic mass is 10.2. The van der Waals surface area contributed by atoms with Crippen molar-refractivity contribution in [3.05, 3.63) is 54.6 Å². The lowest BCUT2D eigenvalue weighted by molar-refractivity contribution is 0.833. The average molecular weight is 265 g/mol. The van der Waals surface area contributed by atoms with E-state index in [-0.39, 0.29) is 6.04 Å². The normalized spacial score (nSPS) is 12.2. The maximum atomic E-state index is 5.84. The molecule has 0 aliphatic rings. The van der Waals surface area contributed by atoms with Gasteiger partial charge in [0.05, 0.1) is 17.3 Å². The van der Waals surface area contributed by atoms with E-state index in [1.807, 2.05) is 43.3 Å². The first-order valence-electron chi connectivity index (χ1n) is 6.42. The molecule has 1 aromatic carbocycles. The topological polar surface area (TPSA) is 76.7 Å². The van der Waals surface area contributed by atoms with Crippen LogP contribution < -0.4 is 11.1 Å². The Morgan fingerprint density at radius 1 is 1.10 bits per heavy atom. The summed E-state index contributed by atoms with van der Waals surface area (Å²) in [6.07, 6.45) is 3.33. The smallest absolute Gasteiger partial charge is 0.137 e. The lowest BCUT2D eigenvalue weighted by Gasteiger charge is -2.15. The molecule has 0 amide bonds. The predicted octanol–water partition coefficient (Wildman–Crippen LogP) is 2.78. The molecule has 1 unspecified atom stereocenters. The molecular formula is C15H15N5. The van der Waals surface area contributed by atoms with Gasteiger partial charge in [-0.3, -0.25) is 4.98 Å². The highest BCUT2D eigenvalue weighted by Crippen LogP contribution is 2.24. The van der Waals surface area contributed by atoms with E-state index >= 15 is 0 Å². The van der Waals surface area contributed by atoms with Gasteiger partial charge in [0.15, 0.2) is 0 Å². The van der Waals surface area contributed by atoms with Gasteiger partial charge in [0.25, 0.3) is 0 Å². The number of nitrogens with two attached hydrogens (primary N) is 1. The van der Waals surface area contributed by atoms with E-state index in [2.05, 4.69) is 20.3 Å². The average Bonchev–Trinajstić information content (AvgIpc) is 2.49. The van der Waals surface area contributed by atoms with Gasteiger partial charge in [0.1, 0.15) is 12.1 Å². The minimum absolute atomic E-state index is 0.0516. The Kier molecular flexibility index (Phi) is 3.16. The molecule has 5 nitrogen and oxygen atoms in total. The number of nitrogens with one attached hydrogen (secondary N) is 1. The zero-order valence-corrected chi connectivity index (χ0v) is 11.1. The number of rotatable bonds is 3. The van der Waals surface area contributed by atoms with Gasteiger partial charge >= 0.3 is 0 Å². The maximum absolute atomic E-state index is 5.84. The van der Waals surface area contributed by atoms with Crippen LogP contribution in [0.4, 0.5) is 11.5 Å². The number of hydrogen-bond acceptors (Lipinski definition) is 5. The first-order valence-corrected chi connectivity index (χ1v) is 6.42. The summed E-state index contributed by atoms with van der Waals surface area (Å²) in [6.45, 7) is 2.04. The van der Waals surface area contributed by atoms with Gasteiger partial charge in [-0.1, -0.05) is 6.07 Å². The Labute approximate surface area is 116 Å². The van der Waals surface area contributed by atoms with E-state index in [0.29, 0.717) is 5.69 Å². The van der Waals surface area contributed by atoms with E-state index in [9.17, 15) is 0 Å². The van der Waals surface area contributed by atoms with Crippen molar-refractivity contribution in [1.82, 2.24) is 15.0 Å². The fourth-order valence-electron chi connectivity index (χ4n) is 2.10. The molecule has 3 rings (SSSR count). The molecule has 20 heavy (non-hydrogen) atoms. The van der Waals surface area contributed by atoms with Crippen LogP contribution in [0.15, 0.2) is 48.9 Å². The third kappa shape index (κ3) is 2.38. The molecule has 0 aliphatic heterocycles. The summed E-state index contributed by atoms with van der Waals surface area (Å²) in [5.41, 5.74) is 8.36. The Hall–Kier alpha value is -2.69. The Bertz CT molecular complexity index is 727. The van der Waals surface area contributed by atoms with Crippen molar-refractivity contribution in [1.29, 1.82) is 0 Å². The Morgan fingerprint density at radius 3 is 2.80 bits per heavy atom. The van der Waals surface area contributed by atoms with Crippen molar-refractivity contribution < 1.29 is 0 Å². The van der Waals surface area contributed by atoms with Crippen LogP contribution >= 0.6 is 0 Å². The van der Waals surface area contributed by atoms with Gasteiger partial charge in [-0.15, -0.1) is 0 Å². The van der Waals surface area contributed by atoms with Gasteiger partial charge in [0.2, 0.25) is 0 Å². The summed E-state index contributed by atoms with van der Waals surface area (Å²) in [5, 5.41) is 4.27. The van der Waals surface area contributed by atoms with Crippen molar-refractivity contribution in [2.75, 3.05) is 11.1 Å². The Balaban J connectivity index is 1.97. The highest BCUT2D eigenvalue weighted by molar-refractivity contribution is 5.91. The molecule has 100 valence electrons. The summed E-state index contributed by atoms with van der Waals surface area (Å²) >= 11 is 0. The van der Waals surface area contributed by atoms with E-state index < -0.39 is 0 Å². The van der Waals surface area contributed by atoms with E-state index in [1.165, 1.54) is 0 Å². The van der Waals surface area contributed by atoms with Crippen molar-refractivity contribution in [3.8, 4) is 0 Å². The molecule has 3 N–H and O–H groups in total. The van der Waals surface area contributed by atoms with Crippen molar-refractivity contribution in [2.24, 2.45) is 0 Å². The number of hydrogen-bond donors (Lipinski definition) is 2. The van der Waals surface area contributed by atoms with E-state index in [1.54, 1.807) is 12.5 Å². The summed E-state index contributed by atoms with van der Waals surface area (Å²) in [5.74, 6) is 0.764. The van der Waals surface area contributed by atoms with Crippen LogP contribution in [0.25, 0.3) is 10.9 Å². The molecular weight excluding hydrogens is 250 g/mol. The van der Waals surface area contributed by atoms with Gasteiger partial charge in [-0.25, -0.2) is 9.97 Å². The van der Waals surface area contributed by atoms with Crippen LogP contribution in [-0.2, 0) is 0 Å². The van der Waals surface area contributed by atoms with Crippen molar-refractivity contribution in [3.63, 3.8) is 0 Å². The van der Waals surface area contributed by atoms with Gasteiger partial charge in [-0.2, -0.15) is 0 Å². The minimum atomic E-state index is 0.0516. The molecule has 0 fully saturated rings. The number of pyridine rings is 1. The second-order valence-corrected chi connectivity index (χ2v) is 4.62. The molecule has 0 aliphatic carbocycles. The van der Waals surface area contributed by atoms with Gasteiger partial charge in [0, 0.05) is 17.3 Å². The van der Waals surface area contributed by atoms with Crippen LogP contribution in [0.2, 0.25) is 0 Å². The third-order valence-electron chi connectivity index (χ3n) is 3.14. The monoisotopic (exact) mass is 265 g/mol. The van der Waals surface area contributed by atoms with Gasteiger partial charge in [-0.05, 0) is 37.3 Å². The van der Waals surface area contributed by atoms with Crippen LogP contribution in [0.3, 0.4) is 0 Å². The first-order chi connectivity index (χ1) is 9.74. The van der Waals surface area contributed by atoms with Crippen LogP contribution in [-0.4, -0.2) is 15.0 Å². The van der Waals surface area contributed by atoms with Crippen LogP contribution in [0, 0.1) is 0 Å². The molecule has 0 radical (unpaired) electrons. The van der Waals surface area contributed by atoms with Gasteiger partial charge < -0.3 is 11.1 Å². The number of fused-ring (bicyclic) bond motifs is 1. The summed E-state index contributed by atoms with van der Waals surface area (Å²) < 4.78 is 0. The highest BCUT2D eigenvalue weighted by atomic mass is 15.0. The molecule has 2 heterocycles. The fourth-order valence-corrected chi connectivity index (χ4v) is 2.10. The number of nitrogens with zero attached hydrogens (tertiary/aromatic N) is 3. The van der Waals surface area contributed by atoms with Crippen molar-refractivity contribution in [2.45, 2.75) is 13.0 Å². The minimum Gasteiger partial charge on any atom is -0.399 e. The number of nitrogen functional groups attached to an aromatic ring is 1. The zero-order chi connectivity index (χ0) is 13.9. The molecule has 1 atom stereocenters. The Morgan fingerprint density at radius 2 is 2.00 bits per heavy atom. The molecule has 0 saturated carbocycles. The second-order valence-electron chi connectivity index (χ2n) is 4.62.